The minimum Gasteiger partial charge on any atom is -0.372 e. The van der Waals surface area contributed by atoms with E-state index >= 15 is 0 Å². The second-order valence-corrected chi connectivity index (χ2v) is 8.54. The van der Waals surface area contributed by atoms with Crippen LogP contribution in [0.2, 0.25) is 5.02 Å². The third-order valence-electron chi connectivity index (χ3n) is 4.85. The number of fused-ring (bicyclic) bond motifs is 1. The second kappa shape index (κ2) is 8.51. The first-order chi connectivity index (χ1) is 13.6. The van der Waals surface area contributed by atoms with Crippen LogP contribution >= 0.6 is 23.4 Å². The summed E-state index contributed by atoms with van der Waals surface area (Å²) in [7, 11) is 0. The van der Waals surface area contributed by atoms with Gasteiger partial charge in [0.05, 0.1) is 23.6 Å². The minimum absolute atomic E-state index is 0.0138. The third kappa shape index (κ3) is 4.48. The summed E-state index contributed by atoms with van der Waals surface area (Å²) in [6, 6.07) is 9.22. The molecule has 2 aliphatic heterocycles. The van der Waals surface area contributed by atoms with Crippen LogP contribution in [0.4, 0.5) is 5.69 Å². The third-order valence-corrected chi connectivity index (χ3v) is 6.36. The number of aromatic nitrogens is 1. The van der Waals surface area contributed by atoms with Crippen LogP contribution in [0.25, 0.3) is 0 Å². The molecule has 0 saturated carbocycles. The number of pyridine rings is 1. The molecule has 0 spiro atoms. The van der Waals surface area contributed by atoms with Crippen LogP contribution in [0.15, 0.2) is 47.6 Å². The number of benzene rings is 1. The Balaban J connectivity index is 1.29. The van der Waals surface area contributed by atoms with E-state index in [1.165, 1.54) is 11.8 Å². The van der Waals surface area contributed by atoms with Crippen LogP contribution in [0.5, 0.6) is 0 Å². The molecule has 146 valence electrons. The second-order valence-electron chi connectivity index (χ2n) is 6.86. The van der Waals surface area contributed by atoms with Crippen molar-refractivity contribution in [1.82, 2.24) is 9.88 Å². The van der Waals surface area contributed by atoms with E-state index in [1.807, 2.05) is 18.2 Å². The Morgan fingerprint density at radius 3 is 2.96 bits per heavy atom. The van der Waals surface area contributed by atoms with E-state index in [4.69, 9.17) is 16.3 Å². The highest BCUT2D eigenvalue weighted by atomic mass is 35.5. The molecule has 28 heavy (non-hydrogen) atoms. The molecule has 2 amide bonds. The van der Waals surface area contributed by atoms with Gasteiger partial charge < -0.3 is 15.0 Å². The monoisotopic (exact) mass is 417 g/mol. The molecule has 1 saturated heterocycles. The van der Waals surface area contributed by atoms with Gasteiger partial charge in [0.25, 0.3) is 0 Å². The summed E-state index contributed by atoms with van der Waals surface area (Å²) in [4.78, 5) is 31.8. The van der Waals surface area contributed by atoms with Gasteiger partial charge in [0.2, 0.25) is 11.8 Å². The van der Waals surface area contributed by atoms with Gasteiger partial charge in [0, 0.05) is 41.8 Å². The summed E-state index contributed by atoms with van der Waals surface area (Å²) in [5, 5.41) is 2.99. The van der Waals surface area contributed by atoms with Crippen LogP contribution in [0, 0.1) is 0 Å². The maximum Gasteiger partial charge on any atom is 0.238 e. The lowest BCUT2D eigenvalue weighted by molar-refractivity contribution is -0.132. The Morgan fingerprint density at radius 1 is 1.32 bits per heavy atom. The van der Waals surface area contributed by atoms with E-state index in [0.29, 0.717) is 30.4 Å². The molecule has 0 aliphatic carbocycles. The quantitative estimate of drug-likeness (QED) is 0.807. The summed E-state index contributed by atoms with van der Waals surface area (Å²) in [6.07, 6.45) is 4.48. The van der Waals surface area contributed by atoms with Gasteiger partial charge in [0.15, 0.2) is 0 Å². The zero-order valence-corrected chi connectivity index (χ0v) is 16.7. The summed E-state index contributed by atoms with van der Waals surface area (Å²) >= 11 is 7.39. The summed E-state index contributed by atoms with van der Waals surface area (Å²) < 4.78 is 5.92. The Morgan fingerprint density at radius 2 is 2.14 bits per heavy atom. The van der Waals surface area contributed by atoms with E-state index in [9.17, 15) is 9.59 Å². The molecule has 1 fully saturated rings. The molecule has 0 bridgehead atoms. The van der Waals surface area contributed by atoms with Crippen molar-refractivity contribution in [3.05, 3.63) is 53.3 Å². The van der Waals surface area contributed by atoms with Gasteiger partial charge >= 0.3 is 0 Å². The molecule has 0 unspecified atom stereocenters. The number of carbonyl (C=O) groups excluding carboxylic acids is 2. The normalized spacial score (nSPS) is 21.3. The predicted molar refractivity (Wildman–Crippen MR) is 108 cm³/mol. The fourth-order valence-electron chi connectivity index (χ4n) is 3.33. The molecular weight excluding hydrogens is 398 g/mol. The van der Waals surface area contributed by atoms with E-state index in [1.54, 1.807) is 29.4 Å². The number of halogens is 1. The zero-order chi connectivity index (χ0) is 19.5. The van der Waals surface area contributed by atoms with Gasteiger partial charge in [-0.25, -0.2) is 0 Å². The van der Waals surface area contributed by atoms with Crippen molar-refractivity contribution in [2.24, 2.45) is 0 Å². The number of nitrogens with one attached hydrogen (secondary N) is 1. The van der Waals surface area contributed by atoms with E-state index in [-0.39, 0.29) is 24.3 Å². The molecular formula is C20H20ClN3O3S. The highest BCUT2D eigenvalue weighted by Crippen LogP contribution is 2.38. The van der Waals surface area contributed by atoms with Crippen molar-refractivity contribution in [2.45, 2.75) is 35.7 Å². The summed E-state index contributed by atoms with van der Waals surface area (Å²) in [5.41, 5.74) is 1.77. The lowest BCUT2D eigenvalue weighted by Crippen LogP contribution is -2.37. The fourth-order valence-corrected chi connectivity index (χ4v) is 4.58. The number of nitrogens with zero attached hydrogens (tertiary/aromatic N) is 2. The van der Waals surface area contributed by atoms with Crippen molar-refractivity contribution in [2.75, 3.05) is 18.4 Å². The SMILES string of the molecule is O=C1Nc2cc(Cl)ccc2S[C@H]1CC(=O)N1CC[C@@H](OCc2ccncc2)C1. The molecule has 2 aromatic rings. The van der Waals surface area contributed by atoms with Crippen molar-refractivity contribution in [1.29, 1.82) is 0 Å². The number of hydrogen-bond acceptors (Lipinski definition) is 5. The van der Waals surface area contributed by atoms with Crippen LogP contribution in [0.3, 0.4) is 0 Å². The Kier molecular flexibility index (Phi) is 5.85. The molecule has 4 rings (SSSR count). The number of carbonyl (C=O) groups is 2. The van der Waals surface area contributed by atoms with E-state index in [0.717, 1.165) is 16.9 Å². The summed E-state index contributed by atoms with van der Waals surface area (Å²) in [5.74, 6) is -0.169. The summed E-state index contributed by atoms with van der Waals surface area (Å²) in [6.45, 7) is 1.73. The number of thioether (sulfide) groups is 1. The first-order valence-corrected chi connectivity index (χ1v) is 10.4. The molecule has 6 nitrogen and oxygen atoms in total. The van der Waals surface area contributed by atoms with E-state index < -0.39 is 5.25 Å². The molecule has 2 atom stereocenters. The highest BCUT2D eigenvalue weighted by Gasteiger charge is 2.33. The zero-order valence-electron chi connectivity index (χ0n) is 15.1. The van der Waals surface area contributed by atoms with Gasteiger partial charge in [0.1, 0.15) is 0 Å². The van der Waals surface area contributed by atoms with Gasteiger partial charge in [-0.3, -0.25) is 14.6 Å². The first kappa shape index (κ1) is 19.2. The van der Waals surface area contributed by atoms with Crippen molar-refractivity contribution in [3.63, 3.8) is 0 Å². The molecule has 8 heteroatoms. The maximum absolute atomic E-state index is 12.7. The van der Waals surface area contributed by atoms with Crippen LogP contribution in [0.1, 0.15) is 18.4 Å². The Hall–Kier alpha value is -2.09. The molecule has 1 N–H and O–H groups in total. The number of amides is 2. The number of rotatable bonds is 5. The average molecular weight is 418 g/mol. The maximum atomic E-state index is 12.7. The van der Waals surface area contributed by atoms with E-state index in [2.05, 4.69) is 10.3 Å². The van der Waals surface area contributed by atoms with Crippen molar-refractivity contribution < 1.29 is 14.3 Å². The Bertz CT molecular complexity index is 880. The number of anilines is 1. The highest BCUT2D eigenvalue weighted by molar-refractivity contribution is 8.01. The minimum atomic E-state index is -0.432. The standard InChI is InChI=1S/C20H20ClN3O3S/c21-14-1-2-17-16(9-14)23-20(26)18(28-17)10-19(25)24-8-5-15(11-24)27-12-13-3-6-22-7-4-13/h1-4,6-7,9,15,18H,5,8,10-12H2,(H,23,26)/t15-,18+/m1/s1. The Labute approximate surface area is 172 Å². The van der Waals surface area contributed by atoms with Crippen molar-refractivity contribution >= 4 is 40.9 Å². The van der Waals surface area contributed by atoms with Crippen LogP contribution in [-0.4, -0.2) is 46.1 Å². The molecule has 3 heterocycles. The molecule has 1 aromatic heterocycles. The van der Waals surface area contributed by atoms with Crippen molar-refractivity contribution in [3.8, 4) is 0 Å². The van der Waals surface area contributed by atoms with Gasteiger partial charge in [-0.15, -0.1) is 11.8 Å². The van der Waals surface area contributed by atoms with Gasteiger partial charge in [-0.05, 0) is 42.3 Å². The number of hydrogen-bond donors (Lipinski definition) is 1. The number of likely N-dealkylation sites (tertiary alicyclic amines) is 1. The van der Waals surface area contributed by atoms with Gasteiger partial charge in [-0.2, -0.15) is 0 Å². The lowest BCUT2D eigenvalue weighted by Gasteiger charge is -2.25. The predicted octanol–water partition coefficient (Wildman–Crippen LogP) is 3.36. The molecule has 0 radical (unpaired) electrons. The largest absolute Gasteiger partial charge is 0.372 e. The van der Waals surface area contributed by atoms with Gasteiger partial charge in [-0.1, -0.05) is 11.6 Å². The molecule has 1 aromatic carbocycles. The number of ether oxygens (including phenoxy) is 1. The fraction of sp³-hybridized carbons (Fsp3) is 0.350. The first-order valence-electron chi connectivity index (χ1n) is 9.14. The smallest absolute Gasteiger partial charge is 0.238 e. The topological polar surface area (TPSA) is 71.5 Å². The lowest BCUT2D eigenvalue weighted by atomic mass is 10.2. The van der Waals surface area contributed by atoms with Crippen LogP contribution in [-0.2, 0) is 20.9 Å². The molecule has 2 aliphatic rings. The average Bonchev–Trinajstić information content (AvgIpc) is 3.17. The van der Waals surface area contributed by atoms with Crippen LogP contribution < -0.4 is 5.32 Å².